The van der Waals surface area contributed by atoms with Crippen molar-refractivity contribution in [3.05, 3.63) is 24.6 Å². The first-order chi connectivity index (χ1) is 5.57. The van der Waals surface area contributed by atoms with Crippen molar-refractivity contribution in [2.75, 3.05) is 6.54 Å². The Bertz CT molecular complexity index is 202. The van der Waals surface area contributed by atoms with E-state index in [9.17, 15) is 0 Å². The predicted molar refractivity (Wildman–Crippen MR) is 53.8 cm³/mol. The van der Waals surface area contributed by atoms with Gasteiger partial charge in [0.2, 0.25) is 0 Å². The molecule has 0 aromatic rings. The Morgan fingerprint density at radius 2 is 2.17 bits per heavy atom. The van der Waals surface area contributed by atoms with Gasteiger partial charge < -0.3 is 11.5 Å². The maximum absolute atomic E-state index is 5.48. The van der Waals surface area contributed by atoms with Crippen LogP contribution in [0.1, 0.15) is 13.8 Å². The van der Waals surface area contributed by atoms with Gasteiger partial charge in [0.05, 0.1) is 5.71 Å². The molecular formula is C9H17N3. The summed E-state index contributed by atoms with van der Waals surface area (Å²) in [6.45, 7) is 8.52. The van der Waals surface area contributed by atoms with Crippen molar-refractivity contribution < 1.29 is 0 Å². The van der Waals surface area contributed by atoms with E-state index in [2.05, 4.69) is 25.4 Å². The van der Waals surface area contributed by atoms with Gasteiger partial charge in [0.1, 0.15) is 0 Å². The van der Waals surface area contributed by atoms with Crippen molar-refractivity contribution in [3.63, 3.8) is 0 Å². The molecule has 0 aliphatic rings. The van der Waals surface area contributed by atoms with E-state index in [0.29, 0.717) is 17.3 Å². The highest BCUT2D eigenvalue weighted by molar-refractivity contribution is 6.07. The van der Waals surface area contributed by atoms with Crippen molar-refractivity contribution in [2.45, 2.75) is 13.8 Å². The van der Waals surface area contributed by atoms with Crippen LogP contribution in [-0.4, -0.2) is 12.3 Å². The van der Waals surface area contributed by atoms with E-state index in [1.807, 2.05) is 0 Å². The molecule has 0 aliphatic heterocycles. The molecule has 0 bridgehead atoms. The standard InChI is InChI=1S/C9H17N3/c1-7(2)6-12-9(4-5-10)8(3)11/h4-5,7H,3,6,10-11H2,1-2H3. The summed E-state index contributed by atoms with van der Waals surface area (Å²) in [4.78, 5) is 4.24. The Morgan fingerprint density at radius 1 is 1.58 bits per heavy atom. The zero-order valence-corrected chi connectivity index (χ0v) is 7.75. The Kier molecular flexibility index (Phi) is 4.84. The molecule has 68 valence electrons. The van der Waals surface area contributed by atoms with E-state index in [1.165, 1.54) is 6.20 Å². The molecule has 12 heavy (non-hydrogen) atoms. The van der Waals surface area contributed by atoms with Gasteiger partial charge in [-0.3, -0.25) is 4.99 Å². The van der Waals surface area contributed by atoms with Crippen LogP contribution in [0.25, 0.3) is 0 Å². The fraction of sp³-hybridized carbons (Fsp3) is 0.444. The number of nitrogens with zero attached hydrogens (tertiary/aromatic N) is 1. The van der Waals surface area contributed by atoms with Crippen LogP contribution in [0.2, 0.25) is 0 Å². The monoisotopic (exact) mass is 167 g/mol. The third kappa shape index (κ3) is 4.55. The lowest BCUT2D eigenvalue weighted by Crippen LogP contribution is -2.09. The molecule has 0 amide bonds. The van der Waals surface area contributed by atoms with E-state index in [-0.39, 0.29) is 0 Å². The third-order valence-electron chi connectivity index (χ3n) is 1.21. The van der Waals surface area contributed by atoms with Crippen molar-refractivity contribution >= 4 is 5.71 Å². The van der Waals surface area contributed by atoms with Crippen molar-refractivity contribution in [2.24, 2.45) is 22.4 Å². The fourth-order valence-electron chi connectivity index (χ4n) is 0.633. The van der Waals surface area contributed by atoms with Crippen LogP contribution in [0.15, 0.2) is 29.5 Å². The van der Waals surface area contributed by atoms with Crippen LogP contribution in [0.4, 0.5) is 0 Å². The van der Waals surface area contributed by atoms with Gasteiger partial charge in [0, 0.05) is 12.2 Å². The summed E-state index contributed by atoms with van der Waals surface area (Å²) in [5.41, 5.74) is 11.8. The average molecular weight is 167 g/mol. The fourth-order valence-corrected chi connectivity index (χ4v) is 0.633. The maximum Gasteiger partial charge on any atom is 0.0811 e. The second-order valence-electron chi connectivity index (χ2n) is 3.00. The minimum Gasteiger partial charge on any atom is -0.405 e. The topological polar surface area (TPSA) is 64.4 Å². The molecule has 4 N–H and O–H groups in total. The minimum atomic E-state index is 0.456. The second-order valence-corrected chi connectivity index (χ2v) is 3.00. The molecule has 0 spiro atoms. The quantitative estimate of drug-likeness (QED) is 0.614. The van der Waals surface area contributed by atoms with Crippen LogP contribution >= 0.6 is 0 Å². The van der Waals surface area contributed by atoms with Gasteiger partial charge in [-0.2, -0.15) is 0 Å². The number of allylic oxidation sites excluding steroid dienone is 1. The largest absolute Gasteiger partial charge is 0.405 e. The summed E-state index contributed by atoms with van der Waals surface area (Å²) in [6, 6.07) is 0. The van der Waals surface area contributed by atoms with E-state index >= 15 is 0 Å². The number of rotatable bonds is 4. The average Bonchev–Trinajstić information content (AvgIpc) is 1.96. The summed E-state index contributed by atoms with van der Waals surface area (Å²) in [5.74, 6) is 0.519. The van der Waals surface area contributed by atoms with Crippen LogP contribution in [0.5, 0.6) is 0 Å². The van der Waals surface area contributed by atoms with Crippen LogP contribution in [-0.2, 0) is 0 Å². The van der Waals surface area contributed by atoms with E-state index in [0.717, 1.165) is 6.54 Å². The third-order valence-corrected chi connectivity index (χ3v) is 1.21. The highest BCUT2D eigenvalue weighted by atomic mass is 14.8. The van der Waals surface area contributed by atoms with Crippen LogP contribution in [0, 0.1) is 5.92 Å². The van der Waals surface area contributed by atoms with Crippen molar-refractivity contribution in [1.29, 1.82) is 0 Å². The van der Waals surface area contributed by atoms with Crippen LogP contribution in [0.3, 0.4) is 0 Å². The van der Waals surface area contributed by atoms with Gasteiger partial charge in [-0.05, 0) is 18.2 Å². The zero-order chi connectivity index (χ0) is 9.56. The number of aliphatic imine (C=N–C) groups is 1. The number of hydrogen-bond donors (Lipinski definition) is 2. The van der Waals surface area contributed by atoms with E-state index in [1.54, 1.807) is 6.08 Å². The summed E-state index contributed by atoms with van der Waals surface area (Å²) in [6.07, 6.45) is 3.07. The Hall–Kier alpha value is -1.25. The lowest BCUT2D eigenvalue weighted by Gasteiger charge is -2.02. The van der Waals surface area contributed by atoms with Gasteiger partial charge in [-0.15, -0.1) is 0 Å². The molecule has 0 fully saturated rings. The number of hydrogen-bond acceptors (Lipinski definition) is 3. The van der Waals surface area contributed by atoms with E-state index in [4.69, 9.17) is 11.5 Å². The normalized spacial score (nSPS) is 12.8. The molecule has 0 aromatic carbocycles. The molecule has 0 atom stereocenters. The lowest BCUT2D eigenvalue weighted by atomic mass is 10.2. The molecule has 0 unspecified atom stereocenters. The Labute approximate surface area is 73.9 Å². The molecule has 0 saturated heterocycles. The molecule has 0 aromatic heterocycles. The van der Waals surface area contributed by atoms with Crippen molar-refractivity contribution in [1.82, 2.24) is 0 Å². The smallest absolute Gasteiger partial charge is 0.0811 e. The first kappa shape index (κ1) is 10.8. The second kappa shape index (κ2) is 5.41. The Morgan fingerprint density at radius 3 is 2.50 bits per heavy atom. The molecule has 0 rings (SSSR count). The van der Waals surface area contributed by atoms with Crippen molar-refractivity contribution in [3.8, 4) is 0 Å². The van der Waals surface area contributed by atoms with Gasteiger partial charge in [-0.1, -0.05) is 20.4 Å². The van der Waals surface area contributed by atoms with Gasteiger partial charge in [0.25, 0.3) is 0 Å². The molecule has 0 radical (unpaired) electrons. The highest BCUT2D eigenvalue weighted by Gasteiger charge is 1.96. The molecule has 0 aliphatic carbocycles. The minimum absolute atomic E-state index is 0.456. The van der Waals surface area contributed by atoms with Gasteiger partial charge >= 0.3 is 0 Å². The molecule has 0 heterocycles. The number of nitrogens with two attached hydrogens (primary N) is 2. The summed E-state index contributed by atoms with van der Waals surface area (Å²) < 4.78 is 0. The first-order valence-electron chi connectivity index (χ1n) is 3.95. The Balaban J connectivity index is 4.29. The predicted octanol–water partition coefficient (Wildman–Crippen LogP) is 1.03. The lowest BCUT2D eigenvalue weighted by molar-refractivity contribution is 0.666. The highest BCUT2D eigenvalue weighted by Crippen LogP contribution is 1.96. The molecular weight excluding hydrogens is 150 g/mol. The molecule has 3 nitrogen and oxygen atoms in total. The summed E-state index contributed by atoms with van der Waals surface area (Å²) in [7, 11) is 0. The molecule has 3 heteroatoms. The van der Waals surface area contributed by atoms with E-state index < -0.39 is 0 Å². The maximum atomic E-state index is 5.48. The summed E-state index contributed by atoms with van der Waals surface area (Å²) in [5, 5.41) is 0. The SMILES string of the molecule is C=C(N)C(C=CN)=NCC(C)C. The van der Waals surface area contributed by atoms with Gasteiger partial charge in [0.15, 0.2) is 0 Å². The summed E-state index contributed by atoms with van der Waals surface area (Å²) >= 11 is 0. The van der Waals surface area contributed by atoms with Gasteiger partial charge in [-0.25, -0.2) is 0 Å². The zero-order valence-electron chi connectivity index (χ0n) is 7.75. The van der Waals surface area contributed by atoms with Crippen LogP contribution < -0.4 is 11.5 Å². The molecule has 0 saturated carbocycles. The first-order valence-corrected chi connectivity index (χ1v) is 3.95.